The van der Waals surface area contributed by atoms with Crippen LogP contribution in [0.3, 0.4) is 0 Å². The van der Waals surface area contributed by atoms with Gasteiger partial charge in [-0.2, -0.15) is 5.26 Å². The first-order valence-corrected chi connectivity index (χ1v) is 6.23. The molecular formula is C13H16ClN3. The van der Waals surface area contributed by atoms with Crippen molar-refractivity contribution >= 4 is 11.6 Å². The lowest BCUT2D eigenvalue weighted by molar-refractivity contribution is 0.201. The van der Waals surface area contributed by atoms with Gasteiger partial charge in [0.1, 0.15) is 0 Å². The van der Waals surface area contributed by atoms with Crippen molar-refractivity contribution in [3.05, 3.63) is 34.3 Å². The highest BCUT2D eigenvalue weighted by atomic mass is 35.5. The molecule has 2 rings (SSSR count). The molecule has 1 atom stereocenters. The van der Waals surface area contributed by atoms with Crippen LogP contribution in [-0.4, -0.2) is 24.0 Å². The summed E-state index contributed by atoms with van der Waals surface area (Å²) in [5.41, 5.74) is 7.62. The van der Waals surface area contributed by atoms with Crippen LogP contribution < -0.4 is 5.73 Å². The molecule has 0 bridgehead atoms. The maximum Gasteiger partial charge on any atom is 0.0992 e. The fourth-order valence-electron chi connectivity index (χ4n) is 2.22. The molecule has 2 N–H and O–H groups in total. The second-order valence-electron chi connectivity index (χ2n) is 4.56. The van der Waals surface area contributed by atoms with Gasteiger partial charge in [0.25, 0.3) is 0 Å². The topological polar surface area (TPSA) is 53.0 Å². The van der Waals surface area contributed by atoms with E-state index in [-0.39, 0.29) is 6.04 Å². The van der Waals surface area contributed by atoms with Crippen molar-refractivity contribution < 1.29 is 0 Å². The Morgan fingerprint density at radius 2 is 2.35 bits per heavy atom. The van der Waals surface area contributed by atoms with E-state index in [0.717, 1.165) is 38.0 Å². The predicted octanol–water partition coefficient (Wildman–Crippen LogP) is 2.13. The van der Waals surface area contributed by atoms with Crippen molar-refractivity contribution in [3.63, 3.8) is 0 Å². The lowest BCUT2D eigenvalue weighted by Gasteiger charge is -2.30. The van der Waals surface area contributed by atoms with Crippen LogP contribution in [0.4, 0.5) is 0 Å². The van der Waals surface area contributed by atoms with Gasteiger partial charge in [-0.3, -0.25) is 4.90 Å². The first kappa shape index (κ1) is 12.4. The van der Waals surface area contributed by atoms with Crippen LogP contribution in [0.2, 0.25) is 5.02 Å². The quantitative estimate of drug-likeness (QED) is 0.874. The second-order valence-corrected chi connectivity index (χ2v) is 4.96. The molecule has 90 valence electrons. The highest BCUT2D eigenvalue weighted by Gasteiger charge is 2.17. The van der Waals surface area contributed by atoms with E-state index < -0.39 is 0 Å². The number of halogens is 1. The third kappa shape index (κ3) is 3.19. The number of piperidine rings is 1. The first-order chi connectivity index (χ1) is 8.19. The summed E-state index contributed by atoms with van der Waals surface area (Å²) >= 11 is 6.15. The van der Waals surface area contributed by atoms with Gasteiger partial charge in [-0.15, -0.1) is 0 Å². The van der Waals surface area contributed by atoms with Crippen LogP contribution in [0.1, 0.15) is 24.0 Å². The van der Waals surface area contributed by atoms with E-state index in [0.29, 0.717) is 10.6 Å². The zero-order valence-electron chi connectivity index (χ0n) is 9.69. The number of likely N-dealkylation sites (tertiary alicyclic amines) is 1. The summed E-state index contributed by atoms with van der Waals surface area (Å²) in [5.74, 6) is 0. The van der Waals surface area contributed by atoms with Gasteiger partial charge in [0, 0.05) is 24.2 Å². The largest absolute Gasteiger partial charge is 0.327 e. The smallest absolute Gasteiger partial charge is 0.0992 e. The van der Waals surface area contributed by atoms with Crippen molar-refractivity contribution in [2.75, 3.05) is 13.1 Å². The van der Waals surface area contributed by atoms with Gasteiger partial charge in [-0.1, -0.05) is 17.7 Å². The molecule has 1 aliphatic heterocycles. The normalized spacial score (nSPS) is 21.1. The molecule has 0 radical (unpaired) electrons. The average molecular weight is 250 g/mol. The van der Waals surface area contributed by atoms with Gasteiger partial charge >= 0.3 is 0 Å². The molecule has 1 aromatic rings. The summed E-state index contributed by atoms with van der Waals surface area (Å²) in [6.07, 6.45) is 2.26. The molecule has 0 spiro atoms. The molecule has 3 nitrogen and oxygen atoms in total. The lowest BCUT2D eigenvalue weighted by Crippen LogP contribution is -2.42. The molecule has 0 unspecified atom stereocenters. The molecule has 0 aromatic heterocycles. The van der Waals surface area contributed by atoms with Crippen LogP contribution in [0.15, 0.2) is 18.2 Å². The summed E-state index contributed by atoms with van der Waals surface area (Å²) in [7, 11) is 0. The van der Waals surface area contributed by atoms with E-state index in [4.69, 9.17) is 22.6 Å². The van der Waals surface area contributed by atoms with Crippen molar-refractivity contribution in [1.82, 2.24) is 4.90 Å². The Hall–Kier alpha value is -1.08. The van der Waals surface area contributed by atoms with Crippen LogP contribution in [-0.2, 0) is 6.54 Å². The molecule has 4 heteroatoms. The minimum absolute atomic E-state index is 0.279. The monoisotopic (exact) mass is 249 g/mol. The molecule has 0 amide bonds. The number of hydrogen-bond acceptors (Lipinski definition) is 3. The summed E-state index contributed by atoms with van der Waals surface area (Å²) in [6.45, 7) is 2.82. The Morgan fingerprint density at radius 1 is 1.53 bits per heavy atom. The third-order valence-corrected chi connectivity index (χ3v) is 3.47. The minimum Gasteiger partial charge on any atom is -0.327 e. The molecule has 17 heavy (non-hydrogen) atoms. The van der Waals surface area contributed by atoms with Gasteiger partial charge < -0.3 is 5.73 Å². The van der Waals surface area contributed by atoms with Gasteiger partial charge in [0.15, 0.2) is 0 Å². The number of benzene rings is 1. The Bertz CT molecular complexity index is 439. The summed E-state index contributed by atoms with van der Waals surface area (Å²) in [5, 5.41) is 9.44. The van der Waals surface area contributed by atoms with E-state index in [9.17, 15) is 0 Å². The first-order valence-electron chi connectivity index (χ1n) is 5.85. The Labute approximate surface area is 107 Å². The zero-order valence-corrected chi connectivity index (χ0v) is 10.5. The standard InChI is InChI=1S/C13H16ClN3/c14-13-6-10(7-15)3-4-11(13)8-17-5-1-2-12(16)9-17/h3-4,6,12H,1-2,5,8-9,16H2/t12-/m1/s1. The van der Waals surface area contributed by atoms with Crippen LogP contribution in [0, 0.1) is 11.3 Å². The van der Waals surface area contributed by atoms with Crippen molar-refractivity contribution in [2.24, 2.45) is 5.73 Å². The highest BCUT2D eigenvalue weighted by molar-refractivity contribution is 6.31. The minimum atomic E-state index is 0.279. The average Bonchev–Trinajstić information content (AvgIpc) is 2.32. The van der Waals surface area contributed by atoms with E-state index in [1.807, 2.05) is 12.1 Å². The number of rotatable bonds is 2. The molecule has 0 saturated carbocycles. The van der Waals surface area contributed by atoms with Crippen molar-refractivity contribution in [1.29, 1.82) is 5.26 Å². The second kappa shape index (κ2) is 5.50. The third-order valence-electron chi connectivity index (χ3n) is 3.12. The Morgan fingerprint density at radius 3 is 3.00 bits per heavy atom. The van der Waals surface area contributed by atoms with Gasteiger partial charge in [0.05, 0.1) is 11.6 Å². The molecular weight excluding hydrogens is 234 g/mol. The highest BCUT2D eigenvalue weighted by Crippen LogP contribution is 2.21. The number of hydrogen-bond donors (Lipinski definition) is 1. The maximum atomic E-state index is 8.77. The Balaban J connectivity index is 2.06. The van der Waals surface area contributed by atoms with Crippen LogP contribution >= 0.6 is 11.6 Å². The Kier molecular flexibility index (Phi) is 4.01. The van der Waals surface area contributed by atoms with Crippen molar-refractivity contribution in [3.8, 4) is 6.07 Å². The molecule has 1 saturated heterocycles. The SMILES string of the molecule is N#Cc1ccc(CN2CCC[C@@H](N)C2)c(Cl)c1. The fourth-order valence-corrected chi connectivity index (χ4v) is 2.46. The predicted molar refractivity (Wildman–Crippen MR) is 68.7 cm³/mol. The van der Waals surface area contributed by atoms with E-state index >= 15 is 0 Å². The molecule has 1 aliphatic rings. The maximum absolute atomic E-state index is 8.77. The lowest BCUT2D eigenvalue weighted by atomic mass is 10.1. The molecule has 1 heterocycles. The van der Waals surface area contributed by atoms with Crippen LogP contribution in [0.25, 0.3) is 0 Å². The molecule has 1 aromatic carbocycles. The van der Waals surface area contributed by atoms with Crippen LogP contribution in [0.5, 0.6) is 0 Å². The van der Waals surface area contributed by atoms with Crippen molar-refractivity contribution in [2.45, 2.75) is 25.4 Å². The molecule has 0 aliphatic carbocycles. The summed E-state index contributed by atoms with van der Waals surface area (Å²) in [6, 6.07) is 7.83. The van der Waals surface area contributed by atoms with E-state index in [1.165, 1.54) is 0 Å². The summed E-state index contributed by atoms with van der Waals surface area (Å²) in [4.78, 5) is 2.32. The van der Waals surface area contributed by atoms with Gasteiger partial charge in [-0.05, 0) is 37.1 Å². The number of nitrogens with two attached hydrogens (primary N) is 1. The zero-order chi connectivity index (χ0) is 12.3. The summed E-state index contributed by atoms with van der Waals surface area (Å²) < 4.78 is 0. The van der Waals surface area contributed by atoms with Gasteiger partial charge in [0.2, 0.25) is 0 Å². The van der Waals surface area contributed by atoms with E-state index in [1.54, 1.807) is 6.07 Å². The number of nitriles is 1. The fraction of sp³-hybridized carbons (Fsp3) is 0.462. The molecule has 1 fully saturated rings. The van der Waals surface area contributed by atoms with Gasteiger partial charge in [-0.25, -0.2) is 0 Å². The van der Waals surface area contributed by atoms with E-state index in [2.05, 4.69) is 11.0 Å². The number of nitrogens with zero attached hydrogens (tertiary/aromatic N) is 2.